The Morgan fingerprint density at radius 3 is 2.31 bits per heavy atom. The quantitative estimate of drug-likeness (QED) is 0.582. The van der Waals surface area contributed by atoms with Crippen molar-refractivity contribution in [3.8, 4) is 11.1 Å². The molecule has 1 aliphatic carbocycles. The van der Waals surface area contributed by atoms with Crippen LogP contribution in [0.5, 0.6) is 0 Å². The summed E-state index contributed by atoms with van der Waals surface area (Å²) in [5, 5.41) is 12.3. The lowest BCUT2D eigenvalue weighted by Crippen LogP contribution is -2.49. The van der Waals surface area contributed by atoms with Crippen molar-refractivity contribution in [3.05, 3.63) is 59.7 Å². The first kappa shape index (κ1) is 24.8. The van der Waals surface area contributed by atoms with E-state index >= 15 is 0 Å². The molecule has 186 valence electrons. The smallest absolute Gasteiger partial charge is 0.407 e. The summed E-state index contributed by atoms with van der Waals surface area (Å²) in [5.41, 5.74) is 4.63. The number of carboxylic acid groups (broad SMARTS) is 1. The highest BCUT2D eigenvalue weighted by atomic mass is 16.5. The van der Waals surface area contributed by atoms with Crippen LogP contribution in [0.3, 0.4) is 0 Å². The van der Waals surface area contributed by atoms with E-state index in [1.807, 2.05) is 38.1 Å². The molecule has 1 aliphatic heterocycles. The molecule has 0 saturated carbocycles. The molecule has 2 aromatic rings. The molecular formula is C28H34N2O5. The van der Waals surface area contributed by atoms with E-state index in [0.29, 0.717) is 19.4 Å². The molecule has 2 aliphatic rings. The summed E-state index contributed by atoms with van der Waals surface area (Å²) in [4.78, 5) is 39.0. The summed E-state index contributed by atoms with van der Waals surface area (Å²) in [6, 6.07) is 16.3. The predicted molar refractivity (Wildman–Crippen MR) is 133 cm³/mol. The molecule has 0 spiro atoms. The molecule has 2 aromatic carbocycles. The minimum Gasteiger partial charge on any atom is -0.481 e. The van der Waals surface area contributed by atoms with Crippen molar-refractivity contribution in [3.63, 3.8) is 0 Å². The fraction of sp³-hybridized carbons (Fsp3) is 0.464. The number of alkyl carbamates (subject to hydrolysis) is 1. The van der Waals surface area contributed by atoms with Crippen molar-refractivity contribution in [2.75, 3.05) is 26.2 Å². The number of carbonyl (C=O) groups excluding carboxylic acids is 2. The second kappa shape index (κ2) is 10.9. The monoisotopic (exact) mass is 478 g/mol. The Bertz CT molecular complexity index is 1040. The highest BCUT2D eigenvalue weighted by Crippen LogP contribution is 2.44. The van der Waals surface area contributed by atoms with E-state index in [1.165, 1.54) is 11.1 Å². The zero-order valence-electron chi connectivity index (χ0n) is 20.4. The molecule has 0 bridgehead atoms. The van der Waals surface area contributed by atoms with Gasteiger partial charge in [0.1, 0.15) is 6.61 Å². The maximum Gasteiger partial charge on any atom is 0.407 e. The van der Waals surface area contributed by atoms with Gasteiger partial charge in [-0.3, -0.25) is 9.59 Å². The fourth-order valence-corrected chi connectivity index (χ4v) is 5.37. The van der Waals surface area contributed by atoms with Gasteiger partial charge in [0.25, 0.3) is 0 Å². The van der Waals surface area contributed by atoms with Crippen LogP contribution in [0.25, 0.3) is 11.1 Å². The van der Waals surface area contributed by atoms with Crippen LogP contribution in [0.4, 0.5) is 4.79 Å². The standard InChI is InChI=1S/C28H34N2O5/c1-3-8-19(26(31)30-14-13-18(2)24(16-30)27(32)33)15-29-28(34)35-17-25-22-11-6-4-9-20(22)21-10-5-7-12-23(21)25/h4-7,9-12,18-19,24-25H,3,8,13-17H2,1-2H3,(H,29,34)(H,32,33). The third-order valence-corrected chi connectivity index (χ3v) is 7.41. The Kier molecular flexibility index (Phi) is 7.73. The molecule has 7 nitrogen and oxygen atoms in total. The molecule has 1 heterocycles. The van der Waals surface area contributed by atoms with E-state index in [2.05, 4.69) is 29.6 Å². The highest BCUT2D eigenvalue weighted by Gasteiger charge is 2.36. The zero-order chi connectivity index (χ0) is 24.9. The SMILES string of the molecule is CCCC(CNC(=O)OCC1c2ccccc2-c2ccccc21)C(=O)N1CCC(C)C(C(=O)O)C1. The second-order valence-electron chi connectivity index (χ2n) is 9.69. The van der Waals surface area contributed by atoms with Crippen LogP contribution in [0.1, 0.15) is 50.2 Å². The molecule has 1 fully saturated rings. The summed E-state index contributed by atoms with van der Waals surface area (Å²) in [6.45, 7) is 5.08. The van der Waals surface area contributed by atoms with Gasteiger partial charge in [-0.1, -0.05) is 68.8 Å². The number of hydrogen-bond acceptors (Lipinski definition) is 4. The molecule has 35 heavy (non-hydrogen) atoms. The number of hydrogen-bond donors (Lipinski definition) is 2. The topological polar surface area (TPSA) is 95.9 Å². The van der Waals surface area contributed by atoms with Gasteiger partial charge in [-0.25, -0.2) is 4.79 Å². The van der Waals surface area contributed by atoms with Crippen molar-refractivity contribution in [2.24, 2.45) is 17.8 Å². The summed E-state index contributed by atoms with van der Waals surface area (Å²) in [6.07, 6.45) is 1.53. The minimum absolute atomic E-state index is 0.0236. The normalized spacial score (nSPS) is 20.0. The highest BCUT2D eigenvalue weighted by molar-refractivity contribution is 5.81. The number of likely N-dealkylation sites (tertiary alicyclic amines) is 1. The number of amides is 2. The zero-order valence-corrected chi connectivity index (χ0v) is 20.4. The molecular weight excluding hydrogens is 444 g/mol. The third kappa shape index (κ3) is 5.34. The molecule has 7 heteroatoms. The van der Waals surface area contributed by atoms with E-state index in [-0.39, 0.29) is 37.4 Å². The van der Waals surface area contributed by atoms with Gasteiger partial charge >= 0.3 is 12.1 Å². The summed E-state index contributed by atoms with van der Waals surface area (Å²) in [5.74, 6) is -1.89. The lowest BCUT2D eigenvalue weighted by Gasteiger charge is -2.36. The average molecular weight is 479 g/mol. The first-order valence-electron chi connectivity index (χ1n) is 12.5. The molecule has 3 unspecified atom stereocenters. The summed E-state index contributed by atoms with van der Waals surface area (Å²) < 4.78 is 5.60. The Labute approximate surface area is 206 Å². The summed E-state index contributed by atoms with van der Waals surface area (Å²) in [7, 11) is 0. The van der Waals surface area contributed by atoms with Gasteiger partial charge in [0.05, 0.1) is 11.8 Å². The molecule has 2 amide bonds. The Balaban J connectivity index is 1.34. The lowest BCUT2D eigenvalue weighted by molar-refractivity contribution is -0.149. The van der Waals surface area contributed by atoms with Crippen LogP contribution in [-0.2, 0) is 14.3 Å². The Morgan fingerprint density at radius 1 is 1.09 bits per heavy atom. The van der Waals surface area contributed by atoms with E-state index < -0.39 is 23.9 Å². The minimum atomic E-state index is -0.862. The van der Waals surface area contributed by atoms with E-state index in [1.54, 1.807) is 4.90 Å². The number of piperidine rings is 1. The maximum atomic E-state index is 13.2. The second-order valence-corrected chi connectivity index (χ2v) is 9.69. The number of ether oxygens (including phenoxy) is 1. The number of rotatable bonds is 8. The van der Waals surface area contributed by atoms with Crippen LogP contribution in [0.15, 0.2) is 48.5 Å². The number of benzene rings is 2. The maximum absolute atomic E-state index is 13.2. The first-order valence-corrected chi connectivity index (χ1v) is 12.5. The van der Waals surface area contributed by atoms with Crippen LogP contribution in [0.2, 0.25) is 0 Å². The van der Waals surface area contributed by atoms with Crippen molar-refractivity contribution < 1.29 is 24.2 Å². The van der Waals surface area contributed by atoms with Gasteiger partial charge in [-0.15, -0.1) is 0 Å². The molecule has 0 aromatic heterocycles. The number of carboxylic acids is 1. The van der Waals surface area contributed by atoms with E-state index in [4.69, 9.17) is 4.74 Å². The van der Waals surface area contributed by atoms with E-state index in [0.717, 1.165) is 17.5 Å². The van der Waals surface area contributed by atoms with Gasteiger partial charge in [-0.2, -0.15) is 0 Å². The fourth-order valence-electron chi connectivity index (χ4n) is 5.37. The number of nitrogens with zero attached hydrogens (tertiary/aromatic N) is 1. The Morgan fingerprint density at radius 2 is 1.71 bits per heavy atom. The Hall–Kier alpha value is -3.35. The van der Waals surface area contributed by atoms with Crippen molar-refractivity contribution in [2.45, 2.75) is 39.0 Å². The van der Waals surface area contributed by atoms with E-state index in [9.17, 15) is 19.5 Å². The predicted octanol–water partition coefficient (Wildman–Crippen LogP) is 4.51. The number of carbonyl (C=O) groups is 3. The van der Waals surface area contributed by atoms with Crippen molar-refractivity contribution in [1.29, 1.82) is 0 Å². The lowest BCUT2D eigenvalue weighted by atomic mass is 9.86. The van der Waals surface area contributed by atoms with Crippen LogP contribution < -0.4 is 5.32 Å². The van der Waals surface area contributed by atoms with Crippen molar-refractivity contribution in [1.82, 2.24) is 10.2 Å². The van der Waals surface area contributed by atoms with Crippen LogP contribution >= 0.6 is 0 Å². The molecule has 1 saturated heterocycles. The van der Waals surface area contributed by atoms with Crippen LogP contribution in [-0.4, -0.2) is 54.2 Å². The van der Waals surface area contributed by atoms with Gasteiger partial charge in [0.15, 0.2) is 0 Å². The van der Waals surface area contributed by atoms with Crippen molar-refractivity contribution >= 4 is 18.0 Å². The van der Waals surface area contributed by atoms with Gasteiger partial charge < -0.3 is 20.1 Å². The third-order valence-electron chi connectivity index (χ3n) is 7.41. The molecule has 3 atom stereocenters. The average Bonchev–Trinajstić information content (AvgIpc) is 3.18. The number of fused-ring (bicyclic) bond motifs is 3. The first-order chi connectivity index (χ1) is 16.9. The number of nitrogens with one attached hydrogen (secondary N) is 1. The molecule has 0 radical (unpaired) electrons. The van der Waals surface area contributed by atoms with Gasteiger partial charge in [-0.05, 0) is 41.0 Å². The number of aliphatic carboxylic acids is 1. The summed E-state index contributed by atoms with van der Waals surface area (Å²) >= 11 is 0. The molecule has 2 N–H and O–H groups in total. The molecule has 4 rings (SSSR count). The van der Waals surface area contributed by atoms with Gasteiger partial charge in [0.2, 0.25) is 5.91 Å². The van der Waals surface area contributed by atoms with Gasteiger partial charge in [0, 0.05) is 25.6 Å². The van der Waals surface area contributed by atoms with Crippen LogP contribution in [0, 0.1) is 17.8 Å². The largest absolute Gasteiger partial charge is 0.481 e.